The summed E-state index contributed by atoms with van der Waals surface area (Å²) in [5, 5.41) is 15.4. The number of unbranched alkanes of at least 4 members (excludes halogenated alkanes) is 1. The molecule has 19 aromatic carbocycles. The fourth-order valence-electron chi connectivity index (χ4n) is 18.2. The predicted molar refractivity (Wildman–Crippen MR) is 499 cm³/mol. The van der Waals surface area contributed by atoms with E-state index in [0.717, 1.165) is 13.1 Å². The standard InChI is InChI=1S/C60H45N.C54H41N/c1-2-3-39-61-57-20-12-11-15-51(57)56-40-50(37-38-58(56)61)47-27-25-44(26-28-47)46-31-35-49(36-32-46)60-54-18-9-7-16-52(54)59(53-17-8-10-19-55(53)60)48-33-29-45(30-34-48)43-23-21-42(22-24-43)41-13-5-4-6-14-41;1-4-55-51-13-9-8-12-45(51)48-32-44(28-31-52(48)55)39-22-24-41(25-23-39)54-47-30-27-42(37-18-14-35(2)15-19-37)33-49(47)53(40-10-6-5-7-11-40)46-29-26-43(34-50(46)54)38-20-16-36(3)17-21-38/h4-38,40H,2-3,39H2,1H3;5-34H,4H2,1-3H3. The minimum atomic E-state index is 0.946. The van der Waals surface area contributed by atoms with Gasteiger partial charge in [-0.1, -0.05) is 376 Å². The summed E-state index contributed by atoms with van der Waals surface area (Å²) < 4.78 is 4.92. The summed E-state index contributed by atoms with van der Waals surface area (Å²) in [6, 6.07) is 148. The van der Waals surface area contributed by atoms with Gasteiger partial charge in [-0.15, -0.1) is 0 Å². The van der Waals surface area contributed by atoms with Crippen LogP contribution < -0.4 is 0 Å². The summed E-state index contributed by atoms with van der Waals surface area (Å²) in [5.41, 5.74) is 34.9. The lowest BCUT2D eigenvalue weighted by atomic mass is 9.83. The van der Waals surface area contributed by atoms with E-state index in [1.807, 2.05) is 0 Å². The van der Waals surface area contributed by atoms with Gasteiger partial charge >= 0.3 is 0 Å². The molecule has 21 rings (SSSR count). The minimum Gasteiger partial charge on any atom is -0.341 e. The van der Waals surface area contributed by atoms with Gasteiger partial charge in [0.2, 0.25) is 0 Å². The number of aromatic nitrogens is 2. The first-order valence-corrected chi connectivity index (χ1v) is 41.0. The summed E-state index contributed by atoms with van der Waals surface area (Å²) in [6.07, 6.45) is 2.37. The van der Waals surface area contributed by atoms with E-state index in [0.29, 0.717) is 0 Å². The van der Waals surface area contributed by atoms with Gasteiger partial charge in [-0.3, -0.25) is 0 Å². The molecule has 0 bridgehead atoms. The second-order valence-corrected chi connectivity index (χ2v) is 31.2. The van der Waals surface area contributed by atoms with E-state index in [2.05, 4.69) is 437 Å². The number of para-hydroxylation sites is 2. The lowest BCUT2D eigenvalue weighted by molar-refractivity contribution is 0.665. The Bertz CT molecular complexity index is 7190. The van der Waals surface area contributed by atoms with Crippen LogP contribution in [0.4, 0.5) is 0 Å². The number of fused-ring (bicyclic) bond motifs is 10. The second kappa shape index (κ2) is 30.4. The van der Waals surface area contributed by atoms with Gasteiger partial charge in [0, 0.05) is 56.7 Å². The molecule has 0 saturated heterocycles. The Morgan fingerprint density at radius 2 is 0.397 bits per heavy atom. The van der Waals surface area contributed by atoms with Gasteiger partial charge in [-0.2, -0.15) is 0 Å². The lowest BCUT2D eigenvalue weighted by Gasteiger charge is -2.20. The van der Waals surface area contributed by atoms with Crippen molar-refractivity contribution in [3.05, 3.63) is 412 Å². The van der Waals surface area contributed by atoms with Crippen molar-refractivity contribution in [1.29, 1.82) is 0 Å². The van der Waals surface area contributed by atoms with Crippen LogP contribution in [-0.2, 0) is 13.1 Å². The molecule has 0 aliphatic heterocycles. The third-order valence-electron chi connectivity index (χ3n) is 24.2. The molecular weight excluding hydrogens is 1400 g/mol. The zero-order valence-corrected chi connectivity index (χ0v) is 65.8. The van der Waals surface area contributed by atoms with Gasteiger partial charge in [0.1, 0.15) is 0 Å². The lowest BCUT2D eigenvalue weighted by Crippen LogP contribution is -1.96. The predicted octanol–water partition coefficient (Wildman–Crippen LogP) is 32.0. The van der Waals surface area contributed by atoms with Gasteiger partial charge in [-0.05, 0) is 241 Å². The third kappa shape index (κ3) is 13.0. The van der Waals surface area contributed by atoms with Crippen molar-refractivity contribution in [3.63, 3.8) is 0 Å². The fraction of sp³-hybridized carbons (Fsp3) is 0.0702. The quantitative estimate of drug-likeness (QED) is 0.0906. The molecule has 0 amide bonds. The molecule has 2 heterocycles. The number of aryl methyl sites for hydroxylation is 4. The SMILES string of the molecule is CCCCn1c2ccccc2c2cc(-c3ccc(-c4ccc(-c5c6ccccc6c(-c6ccc(-c7ccc(-c8ccccc8)cc7)cc6)c6ccccc56)cc4)cc3)ccc21.CCn1c2ccccc2c2cc(-c3ccc(-c4c5ccc(-c6ccc(C)cc6)cc5c(-c5ccccc5)c5ccc(-c6ccc(C)cc6)cc45)cc3)ccc21. The van der Waals surface area contributed by atoms with E-state index in [-0.39, 0.29) is 0 Å². The number of hydrogen-bond acceptors (Lipinski definition) is 0. The molecule has 0 N–H and O–H groups in total. The van der Waals surface area contributed by atoms with Crippen LogP contribution in [0.15, 0.2) is 400 Å². The summed E-state index contributed by atoms with van der Waals surface area (Å²) in [4.78, 5) is 0. The van der Waals surface area contributed by atoms with Crippen LogP contribution in [0.5, 0.6) is 0 Å². The van der Waals surface area contributed by atoms with E-state index < -0.39 is 0 Å². The normalized spacial score (nSPS) is 11.6. The van der Waals surface area contributed by atoms with Gasteiger partial charge < -0.3 is 9.13 Å². The maximum atomic E-state index is 2.50. The van der Waals surface area contributed by atoms with Gasteiger partial charge in [0.05, 0.1) is 0 Å². The van der Waals surface area contributed by atoms with Crippen LogP contribution in [0.1, 0.15) is 37.8 Å². The van der Waals surface area contributed by atoms with E-state index in [9.17, 15) is 0 Å². The summed E-state index contributed by atoms with van der Waals surface area (Å²) in [7, 11) is 0. The highest BCUT2D eigenvalue weighted by Crippen LogP contribution is 2.49. The molecule has 2 nitrogen and oxygen atoms in total. The molecule has 0 atom stereocenters. The molecule has 0 saturated carbocycles. The van der Waals surface area contributed by atoms with Crippen molar-refractivity contribution >= 4 is 86.7 Å². The van der Waals surface area contributed by atoms with Crippen molar-refractivity contribution in [2.45, 2.75) is 53.6 Å². The first-order valence-electron chi connectivity index (χ1n) is 41.0. The van der Waals surface area contributed by atoms with Gasteiger partial charge in [0.25, 0.3) is 0 Å². The zero-order valence-electron chi connectivity index (χ0n) is 65.8. The summed E-state index contributed by atoms with van der Waals surface area (Å²) >= 11 is 0. The molecule has 0 radical (unpaired) electrons. The first kappa shape index (κ1) is 70.9. The Morgan fingerprint density at radius 3 is 0.750 bits per heavy atom. The Kier molecular flexibility index (Phi) is 18.6. The summed E-state index contributed by atoms with van der Waals surface area (Å²) in [5.74, 6) is 0. The number of hydrogen-bond donors (Lipinski definition) is 0. The van der Waals surface area contributed by atoms with Crippen LogP contribution in [0.2, 0.25) is 0 Å². The maximum Gasteiger partial charge on any atom is 0.0491 e. The average molecular weight is 1480 g/mol. The van der Waals surface area contributed by atoms with Crippen molar-refractivity contribution in [1.82, 2.24) is 9.13 Å². The molecule has 0 unspecified atom stereocenters. The molecule has 21 aromatic rings. The molecule has 0 aliphatic carbocycles. The van der Waals surface area contributed by atoms with Crippen LogP contribution >= 0.6 is 0 Å². The average Bonchev–Trinajstić information content (AvgIpc) is 1.20. The van der Waals surface area contributed by atoms with Crippen molar-refractivity contribution in [3.8, 4) is 122 Å². The topological polar surface area (TPSA) is 9.86 Å². The maximum absolute atomic E-state index is 2.50. The minimum absolute atomic E-state index is 0.946. The molecule has 0 spiro atoms. The molecule has 552 valence electrons. The van der Waals surface area contributed by atoms with E-state index >= 15 is 0 Å². The molecule has 0 fully saturated rings. The largest absolute Gasteiger partial charge is 0.341 e. The van der Waals surface area contributed by atoms with E-state index in [1.165, 1.54) is 233 Å². The first-order chi connectivity index (χ1) is 57.2. The molecule has 2 heteroatoms. The number of nitrogens with zero attached hydrogens (tertiary/aromatic N) is 2. The van der Waals surface area contributed by atoms with Crippen molar-refractivity contribution < 1.29 is 0 Å². The highest BCUT2D eigenvalue weighted by molar-refractivity contribution is 6.24. The Hall–Kier alpha value is -14.2. The van der Waals surface area contributed by atoms with Crippen LogP contribution in [0.25, 0.3) is 209 Å². The van der Waals surface area contributed by atoms with Crippen molar-refractivity contribution in [2.24, 2.45) is 0 Å². The number of rotatable bonds is 15. The Morgan fingerprint density at radius 1 is 0.172 bits per heavy atom. The van der Waals surface area contributed by atoms with Crippen LogP contribution in [-0.4, -0.2) is 9.13 Å². The molecular formula is C114H86N2. The highest BCUT2D eigenvalue weighted by atomic mass is 15.0. The second-order valence-electron chi connectivity index (χ2n) is 31.2. The van der Waals surface area contributed by atoms with Gasteiger partial charge in [-0.25, -0.2) is 0 Å². The third-order valence-corrected chi connectivity index (χ3v) is 24.2. The zero-order chi connectivity index (χ0) is 77.7. The molecule has 116 heavy (non-hydrogen) atoms. The highest BCUT2D eigenvalue weighted by Gasteiger charge is 2.22. The smallest absolute Gasteiger partial charge is 0.0491 e. The monoisotopic (exact) mass is 1480 g/mol. The van der Waals surface area contributed by atoms with Crippen LogP contribution in [0, 0.1) is 13.8 Å². The summed E-state index contributed by atoms with van der Waals surface area (Å²) in [6.45, 7) is 10.8. The van der Waals surface area contributed by atoms with E-state index in [4.69, 9.17) is 0 Å². The fourth-order valence-corrected chi connectivity index (χ4v) is 18.2. The number of benzene rings is 19. The molecule has 0 aliphatic rings. The van der Waals surface area contributed by atoms with Gasteiger partial charge in [0.15, 0.2) is 0 Å². The Labute approximate surface area is 678 Å². The van der Waals surface area contributed by atoms with E-state index in [1.54, 1.807) is 0 Å². The van der Waals surface area contributed by atoms with Crippen LogP contribution in [0.3, 0.4) is 0 Å². The molecule has 2 aromatic heterocycles. The Balaban J connectivity index is 0.000000150. The van der Waals surface area contributed by atoms with Crippen molar-refractivity contribution in [2.75, 3.05) is 0 Å².